The van der Waals surface area contributed by atoms with E-state index < -0.39 is 5.91 Å². The molecule has 3 nitrogen and oxygen atoms in total. The van der Waals surface area contributed by atoms with Crippen molar-refractivity contribution < 1.29 is 4.79 Å². The van der Waals surface area contributed by atoms with Gasteiger partial charge in [-0.05, 0) is 54.3 Å². The molecule has 1 aliphatic carbocycles. The predicted octanol–water partition coefficient (Wildman–Crippen LogP) is 3.54. The highest BCUT2D eigenvalue weighted by Crippen LogP contribution is 2.35. The molecular formula is C16H15ClN2O. The van der Waals surface area contributed by atoms with E-state index in [1.54, 1.807) is 12.1 Å². The molecule has 102 valence electrons. The standard InChI is InChI=1S/C16H15ClN2O/c17-12-5-6-14-10(8-12)4-7-15(14)19-13-3-1-2-11(9-13)16(18)20/h1-3,5-6,8-9,15,19H,4,7H2,(H2,18,20). The maximum atomic E-state index is 11.2. The minimum Gasteiger partial charge on any atom is -0.378 e. The summed E-state index contributed by atoms with van der Waals surface area (Å²) < 4.78 is 0. The molecular weight excluding hydrogens is 272 g/mol. The lowest BCUT2D eigenvalue weighted by Crippen LogP contribution is -2.12. The van der Waals surface area contributed by atoms with Gasteiger partial charge in [-0.15, -0.1) is 0 Å². The number of halogens is 1. The highest BCUT2D eigenvalue weighted by atomic mass is 35.5. The lowest BCUT2D eigenvalue weighted by Gasteiger charge is -2.16. The minimum absolute atomic E-state index is 0.255. The first-order valence-corrected chi connectivity index (χ1v) is 6.96. The fourth-order valence-electron chi connectivity index (χ4n) is 2.70. The van der Waals surface area contributed by atoms with Gasteiger partial charge < -0.3 is 11.1 Å². The van der Waals surface area contributed by atoms with E-state index >= 15 is 0 Å². The molecule has 1 amide bonds. The third kappa shape index (κ3) is 2.49. The molecule has 20 heavy (non-hydrogen) atoms. The normalized spacial score (nSPS) is 16.8. The molecule has 0 saturated heterocycles. The van der Waals surface area contributed by atoms with Gasteiger partial charge in [0.15, 0.2) is 0 Å². The van der Waals surface area contributed by atoms with Crippen LogP contribution in [0.5, 0.6) is 0 Å². The maximum absolute atomic E-state index is 11.2. The largest absolute Gasteiger partial charge is 0.378 e. The van der Waals surface area contributed by atoms with Gasteiger partial charge >= 0.3 is 0 Å². The summed E-state index contributed by atoms with van der Waals surface area (Å²) in [6.07, 6.45) is 2.04. The third-order valence-electron chi connectivity index (χ3n) is 3.67. The van der Waals surface area contributed by atoms with Gasteiger partial charge in [0, 0.05) is 16.3 Å². The van der Waals surface area contributed by atoms with Gasteiger partial charge in [0.05, 0.1) is 6.04 Å². The van der Waals surface area contributed by atoms with Crippen LogP contribution >= 0.6 is 11.6 Å². The van der Waals surface area contributed by atoms with Crippen LogP contribution in [0.2, 0.25) is 5.02 Å². The van der Waals surface area contributed by atoms with Crippen molar-refractivity contribution in [3.63, 3.8) is 0 Å². The summed E-state index contributed by atoms with van der Waals surface area (Å²) in [6, 6.07) is 13.6. The number of amides is 1. The summed E-state index contributed by atoms with van der Waals surface area (Å²) in [6.45, 7) is 0. The Bertz CT molecular complexity index is 669. The van der Waals surface area contributed by atoms with Gasteiger partial charge in [-0.1, -0.05) is 23.7 Å². The van der Waals surface area contributed by atoms with Crippen molar-refractivity contribution in [3.05, 3.63) is 64.2 Å². The molecule has 3 rings (SSSR count). The topological polar surface area (TPSA) is 55.1 Å². The van der Waals surface area contributed by atoms with Crippen molar-refractivity contribution in [2.75, 3.05) is 5.32 Å². The zero-order valence-electron chi connectivity index (χ0n) is 10.9. The van der Waals surface area contributed by atoms with Crippen molar-refractivity contribution in [1.82, 2.24) is 0 Å². The number of rotatable bonds is 3. The smallest absolute Gasteiger partial charge is 0.248 e. The highest BCUT2D eigenvalue weighted by molar-refractivity contribution is 6.30. The maximum Gasteiger partial charge on any atom is 0.248 e. The summed E-state index contributed by atoms with van der Waals surface area (Å²) in [4.78, 5) is 11.2. The van der Waals surface area contributed by atoms with Crippen LogP contribution in [-0.4, -0.2) is 5.91 Å². The first-order valence-electron chi connectivity index (χ1n) is 6.58. The zero-order valence-corrected chi connectivity index (χ0v) is 11.7. The Morgan fingerprint density at radius 3 is 2.90 bits per heavy atom. The van der Waals surface area contributed by atoms with Gasteiger partial charge in [-0.25, -0.2) is 0 Å². The van der Waals surface area contributed by atoms with Crippen LogP contribution in [0.4, 0.5) is 5.69 Å². The molecule has 0 aliphatic heterocycles. The average molecular weight is 287 g/mol. The van der Waals surface area contributed by atoms with Crippen LogP contribution in [0.1, 0.15) is 33.9 Å². The van der Waals surface area contributed by atoms with E-state index in [1.165, 1.54) is 11.1 Å². The van der Waals surface area contributed by atoms with Crippen LogP contribution in [0.3, 0.4) is 0 Å². The van der Waals surface area contributed by atoms with Crippen molar-refractivity contribution in [2.45, 2.75) is 18.9 Å². The van der Waals surface area contributed by atoms with Crippen LogP contribution in [0.25, 0.3) is 0 Å². The highest BCUT2D eigenvalue weighted by Gasteiger charge is 2.22. The molecule has 0 fully saturated rings. The number of nitrogens with two attached hydrogens (primary N) is 1. The van der Waals surface area contributed by atoms with Gasteiger partial charge in [0.25, 0.3) is 0 Å². The van der Waals surface area contributed by atoms with Gasteiger partial charge in [0.1, 0.15) is 0 Å². The fraction of sp³-hybridized carbons (Fsp3) is 0.188. The lowest BCUT2D eigenvalue weighted by molar-refractivity contribution is 0.100. The second-order valence-corrected chi connectivity index (χ2v) is 5.46. The fourth-order valence-corrected chi connectivity index (χ4v) is 2.89. The average Bonchev–Trinajstić information content (AvgIpc) is 2.81. The summed E-state index contributed by atoms with van der Waals surface area (Å²) in [5.41, 5.74) is 9.30. The zero-order chi connectivity index (χ0) is 14.1. The molecule has 0 bridgehead atoms. The summed E-state index contributed by atoms with van der Waals surface area (Å²) >= 11 is 6.02. The molecule has 0 heterocycles. The van der Waals surface area contributed by atoms with Crippen molar-refractivity contribution >= 4 is 23.2 Å². The number of nitrogens with one attached hydrogen (secondary N) is 1. The molecule has 1 aliphatic rings. The van der Waals surface area contributed by atoms with Gasteiger partial charge in [0.2, 0.25) is 5.91 Å². The Kier molecular flexibility index (Phi) is 3.36. The second kappa shape index (κ2) is 5.17. The summed E-state index contributed by atoms with van der Waals surface area (Å²) in [7, 11) is 0. The number of anilines is 1. The number of aryl methyl sites for hydroxylation is 1. The first-order chi connectivity index (χ1) is 9.63. The minimum atomic E-state index is -0.410. The molecule has 0 aromatic heterocycles. The van der Waals surface area contributed by atoms with E-state index in [9.17, 15) is 4.79 Å². The number of carbonyl (C=O) groups is 1. The van der Waals surface area contributed by atoms with Crippen LogP contribution in [0, 0.1) is 0 Å². The van der Waals surface area contributed by atoms with Crippen LogP contribution < -0.4 is 11.1 Å². The molecule has 2 aromatic carbocycles. The molecule has 3 N–H and O–H groups in total. The Balaban J connectivity index is 1.84. The van der Waals surface area contributed by atoms with E-state index in [-0.39, 0.29) is 6.04 Å². The lowest BCUT2D eigenvalue weighted by atomic mass is 10.1. The van der Waals surface area contributed by atoms with E-state index in [4.69, 9.17) is 17.3 Å². The van der Waals surface area contributed by atoms with Crippen LogP contribution in [0.15, 0.2) is 42.5 Å². The molecule has 4 heteroatoms. The summed E-state index contributed by atoms with van der Waals surface area (Å²) in [5, 5.41) is 4.24. The van der Waals surface area contributed by atoms with Crippen molar-refractivity contribution in [1.29, 1.82) is 0 Å². The molecule has 1 atom stereocenters. The third-order valence-corrected chi connectivity index (χ3v) is 3.91. The number of benzene rings is 2. The Morgan fingerprint density at radius 2 is 2.10 bits per heavy atom. The summed E-state index contributed by atoms with van der Waals surface area (Å²) in [5.74, 6) is -0.410. The number of primary amides is 1. The van der Waals surface area contributed by atoms with E-state index in [2.05, 4.69) is 11.4 Å². The van der Waals surface area contributed by atoms with E-state index in [0.717, 1.165) is 23.6 Å². The van der Waals surface area contributed by atoms with Crippen molar-refractivity contribution in [3.8, 4) is 0 Å². The molecule has 0 spiro atoms. The SMILES string of the molecule is NC(=O)c1cccc(NC2CCc3cc(Cl)ccc32)c1. The second-order valence-electron chi connectivity index (χ2n) is 5.02. The molecule has 1 unspecified atom stereocenters. The van der Waals surface area contributed by atoms with Crippen LogP contribution in [-0.2, 0) is 6.42 Å². The quantitative estimate of drug-likeness (QED) is 0.907. The Hall–Kier alpha value is -2.00. The molecule has 0 saturated carbocycles. The predicted molar refractivity (Wildman–Crippen MR) is 81.1 cm³/mol. The number of fused-ring (bicyclic) bond motifs is 1. The number of hydrogen-bond donors (Lipinski definition) is 2. The van der Waals surface area contributed by atoms with Crippen molar-refractivity contribution in [2.24, 2.45) is 5.73 Å². The van der Waals surface area contributed by atoms with Gasteiger partial charge in [-0.3, -0.25) is 4.79 Å². The number of carbonyl (C=O) groups excluding carboxylic acids is 1. The Morgan fingerprint density at radius 1 is 1.25 bits per heavy atom. The molecule has 2 aromatic rings. The van der Waals surface area contributed by atoms with E-state index in [1.807, 2.05) is 24.3 Å². The number of hydrogen-bond acceptors (Lipinski definition) is 2. The first kappa shape index (κ1) is 13.0. The van der Waals surface area contributed by atoms with Gasteiger partial charge in [-0.2, -0.15) is 0 Å². The Labute approximate surface area is 122 Å². The molecule has 0 radical (unpaired) electrons. The monoisotopic (exact) mass is 286 g/mol. The van der Waals surface area contributed by atoms with E-state index in [0.29, 0.717) is 5.56 Å².